The molecule has 1 heterocycles. The Hall–Kier alpha value is -3.07. The third-order valence-corrected chi connectivity index (χ3v) is 5.37. The molecule has 1 atom stereocenters. The normalized spacial score (nSPS) is 13.5. The first-order valence-corrected chi connectivity index (χ1v) is 10.5. The highest BCUT2D eigenvalue weighted by molar-refractivity contribution is 7.89. The first kappa shape index (κ1) is 27.2. The van der Waals surface area contributed by atoms with Crippen LogP contribution in [0, 0.1) is 11.6 Å². The topological polar surface area (TPSA) is 105 Å². The summed E-state index contributed by atoms with van der Waals surface area (Å²) in [5.41, 5.74) is -3.17. The molecule has 3 rings (SSSR count). The van der Waals surface area contributed by atoms with Gasteiger partial charge in [0.15, 0.2) is 11.6 Å². The zero-order chi connectivity index (χ0) is 24.3. The molecule has 0 saturated heterocycles. The van der Waals surface area contributed by atoms with Crippen molar-refractivity contribution in [2.24, 2.45) is 0 Å². The molecule has 0 bridgehead atoms. The lowest BCUT2D eigenvalue weighted by Gasteiger charge is -2.32. The standard InChI is InChI=1S/C19H16F5N5O3S.ClH/c1-18(19(22,23)24,32-29-33(30,31)13-5-3-2-4-6-13)28-17-10-16(25-11-26-17)27-12-7-8-14(20)15(21)9-12;/h2-11,29H,1H3,(H2,25,26,27,28);1H. The molecule has 0 amide bonds. The number of hydrogen-bond donors (Lipinski definition) is 3. The van der Waals surface area contributed by atoms with E-state index in [4.69, 9.17) is 0 Å². The lowest BCUT2D eigenvalue weighted by atomic mass is 10.2. The van der Waals surface area contributed by atoms with Gasteiger partial charge in [-0.3, -0.25) is 0 Å². The van der Waals surface area contributed by atoms with E-state index in [9.17, 15) is 30.4 Å². The summed E-state index contributed by atoms with van der Waals surface area (Å²) in [5, 5.41) is 4.55. The Morgan fingerprint density at radius 2 is 1.56 bits per heavy atom. The van der Waals surface area contributed by atoms with Gasteiger partial charge in [0.2, 0.25) is 0 Å². The van der Waals surface area contributed by atoms with E-state index in [2.05, 4.69) is 20.1 Å². The monoisotopic (exact) mass is 525 g/mol. The highest BCUT2D eigenvalue weighted by atomic mass is 35.5. The molecule has 0 radical (unpaired) electrons. The van der Waals surface area contributed by atoms with Gasteiger partial charge in [-0.15, -0.1) is 12.4 Å². The minimum absolute atomic E-state index is 0. The summed E-state index contributed by atoms with van der Waals surface area (Å²) >= 11 is 0. The fourth-order valence-electron chi connectivity index (χ4n) is 2.40. The van der Waals surface area contributed by atoms with E-state index in [-0.39, 0.29) is 28.8 Å². The van der Waals surface area contributed by atoms with E-state index in [1.54, 1.807) is 0 Å². The molecular weight excluding hydrogens is 509 g/mol. The van der Waals surface area contributed by atoms with Gasteiger partial charge in [0.05, 0.1) is 4.90 Å². The number of aromatic nitrogens is 2. The van der Waals surface area contributed by atoms with Crippen molar-refractivity contribution in [2.75, 3.05) is 10.6 Å². The second kappa shape index (κ2) is 10.5. The molecule has 3 N–H and O–H groups in total. The Bertz CT molecular complexity index is 1230. The minimum Gasteiger partial charge on any atom is -0.340 e. The number of nitrogens with one attached hydrogen (secondary N) is 3. The predicted octanol–water partition coefficient (Wildman–Crippen LogP) is 4.52. The SMILES string of the molecule is CC(Nc1cc(Nc2ccc(F)c(F)c2)ncn1)(ONS(=O)(=O)c1ccccc1)C(F)(F)F.Cl. The third-order valence-electron chi connectivity index (χ3n) is 4.18. The van der Waals surface area contributed by atoms with Crippen LogP contribution in [0.15, 0.2) is 65.8 Å². The molecule has 0 saturated carbocycles. The maximum absolute atomic E-state index is 13.7. The maximum atomic E-state index is 13.7. The molecule has 8 nitrogen and oxygen atoms in total. The smallest absolute Gasteiger partial charge is 0.340 e. The van der Waals surface area contributed by atoms with Gasteiger partial charge in [-0.05, 0) is 31.2 Å². The van der Waals surface area contributed by atoms with Crippen LogP contribution >= 0.6 is 12.4 Å². The molecule has 0 aliphatic carbocycles. The molecule has 0 fully saturated rings. The van der Waals surface area contributed by atoms with Crippen LogP contribution in [-0.4, -0.2) is 30.3 Å². The lowest BCUT2D eigenvalue weighted by Crippen LogP contribution is -2.55. The lowest BCUT2D eigenvalue weighted by molar-refractivity contribution is -0.268. The second-order valence-corrected chi connectivity index (χ2v) is 8.35. The van der Waals surface area contributed by atoms with E-state index in [0.29, 0.717) is 6.92 Å². The van der Waals surface area contributed by atoms with Gasteiger partial charge in [-0.25, -0.2) is 32.0 Å². The number of halogens is 6. The van der Waals surface area contributed by atoms with Crippen molar-refractivity contribution in [1.29, 1.82) is 0 Å². The van der Waals surface area contributed by atoms with Crippen molar-refractivity contribution in [2.45, 2.75) is 23.7 Å². The van der Waals surface area contributed by atoms with Gasteiger partial charge in [-0.2, -0.15) is 13.2 Å². The molecule has 0 aliphatic rings. The molecule has 0 aliphatic heterocycles. The van der Waals surface area contributed by atoms with Crippen molar-refractivity contribution in [1.82, 2.24) is 14.9 Å². The van der Waals surface area contributed by atoms with Crippen molar-refractivity contribution < 1.29 is 35.2 Å². The summed E-state index contributed by atoms with van der Waals surface area (Å²) in [4.78, 5) is 13.2. The Labute approximate surface area is 197 Å². The molecule has 1 aromatic heterocycles. The number of rotatable bonds is 8. The van der Waals surface area contributed by atoms with E-state index in [1.165, 1.54) is 41.3 Å². The van der Waals surface area contributed by atoms with Crippen molar-refractivity contribution in [3.63, 3.8) is 0 Å². The summed E-state index contributed by atoms with van der Waals surface area (Å²) < 4.78 is 92.1. The minimum atomic E-state index is -5.11. The van der Waals surface area contributed by atoms with Gasteiger partial charge in [0.25, 0.3) is 15.7 Å². The Morgan fingerprint density at radius 1 is 0.912 bits per heavy atom. The van der Waals surface area contributed by atoms with Crippen LogP contribution in [0.5, 0.6) is 0 Å². The summed E-state index contributed by atoms with van der Waals surface area (Å²) in [6, 6.07) is 10.5. The Kier molecular flexibility index (Phi) is 8.36. The van der Waals surface area contributed by atoms with Crippen LogP contribution in [-0.2, 0) is 14.9 Å². The predicted molar refractivity (Wildman–Crippen MR) is 115 cm³/mol. The van der Waals surface area contributed by atoms with E-state index < -0.39 is 39.4 Å². The maximum Gasteiger partial charge on any atom is 0.438 e. The van der Waals surface area contributed by atoms with Crippen LogP contribution in [0.4, 0.5) is 39.3 Å². The number of sulfonamides is 1. The molecule has 2 aromatic carbocycles. The van der Waals surface area contributed by atoms with Crippen LogP contribution in [0.25, 0.3) is 0 Å². The van der Waals surface area contributed by atoms with Gasteiger partial charge in [0.1, 0.15) is 18.0 Å². The van der Waals surface area contributed by atoms with Crippen molar-refractivity contribution in [3.05, 3.63) is 72.6 Å². The van der Waals surface area contributed by atoms with Crippen LogP contribution in [0.1, 0.15) is 6.92 Å². The molecule has 15 heteroatoms. The molecule has 1 unspecified atom stereocenters. The van der Waals surface area contributed by atoms with Gasteiger partial charge in [0, 0.05) is 17.8 Å². The summed E-state index contributed by atoms with van der Waals surface area (Å²) in [6.45, 7) is 0.547. The number of alkyl halides is 3. The van der Waals surface area contributed by atoms with Gasteiger partial charge >= 0.3 is 6.18 Å². The van der Waals surface area contributed by atoms with Crippen molar-refractivity contribution >= 4 is 39.8 Å². The van der Waals surface area contributed by atoms with Crippen molar-refractivity contribution in [3.8, 4) is 0 Å². The second-order valence-electron chi connectivity index (χ2n) is 6.70. The molecule has 0 spiro atoms. The zero-order valence-corrected chi connectivity index (χ0v) is 18.7. The van der Waals surface area contributed by atoms with Gasteiger partial charge in [-0.1, -0.05) is 23.1 Å². The number of hydrogen-bond acceptors (Lipinski definition) is 7. The van der Waals surface area contributed by atoms with E-state index in [0.717, 1.165) is 24.5 Å². The molecule has 3 aromatic rings. The summed E-state index contributed by atoms with van der Waals surface area (Å²) in [5.74, 6) is -2.69. The average molecular weight is 526 g/mol. The van der Waals surface area contributed by atoms with Crippen LogP contribution < -0.4 is 15.5 Å². The summed E-state index contributed by atoms with van der Waals surface area (Å²) in [7, 11) is -4.43. The highest BCUT2D eigenvalue weighted by Crippen LogP contribution is 2.34. The first-order valence-electron chi connectivity index (χ1n) is 9.03. The van der Waals surface area contributed by atoms with E-state index >= 15 is 0 Å². The molecule has 34 heavy (non-hydrogen) atoms. The Balaban J connectivity index is 0.00000408. The summed E-state index contributed by atoms with van der Waals surface area (Å²) in [6.07, 6.45) is -4.21. The fraction of sp³-hybridized carbons (Fsp3) is 0.158. The molecular formula is C19H17ClF5N5O3S. The van der Waals surface area contributed by atoms with E-state index in [1.807, 2.05) is 5.32 Å². The van der Waals surface area contributed by atoms with Gasteiger partial charge < -0.3 is 10.6 Å². The number of anilines is 3. The quantitative estimate of drug-likeness (QED) is 0.226. The van der Waals surface area contributed by atoms with Crippen LogP contribution in [0.3, 0.4) is 0 Å². The number of benzene rings is 2. The third kappa shape index (κ3) is 6.50. The highest BCUT2D eigenvalue weighted by Gasteiger charge is 2.54. The number of nitrogens with zero attached hydrogens (tertiary/aromatic N) is 2. The zero-order valence-electron chi connectivity index (χ0n) is 17.1. The van der Waals surface area contributed by atoms with Crippen LogP contribution in [0.2, 0.25) is 0 Å². The first-order chi connectivity index (χ1) is 15.4. The Morgan fingerprint density at radius 3 is 2.18 bits per heavy atom. The molecule has 184 valence electrons. The largest absolute Gasteiger partial charge is 0.438 e. The fourth-order valence-corrected chi connectivity index (χ4v) is 3.29. The average Bonchev–Trinajstić information content (AvgIpc) is 2.75.